The Labute approximate surface area is 101 Å². The number of aromatic nitrogens is 3. The maximum atomic E-state index is 5.93. The summed E-state index contributed by atoms with van der Waals surface area (Å²) in [6.45, 7) is 2.11. The molecular weight excluding hydrogens is 212 g/mol. The van der Waals surface area contributed by atoms with Gasteiger partial charge < -0.3 is 5.73 Å². The fourth-order valence-electron chi connectivity index (χ4n) is 1.75. The molecule has 1 aromatic carbocycles. The van der Waals surface area contributed by atoms with Crippen LogP contribution in [0, 0.1) is 0 Å². The first-order valence-electron chi connectivity index (χ1n) is 6.02. The predicted molar refractivity (Wildman–Crippen MR) is 67.9 cm³/mol. The Balaban J connectivity index is 2.12. The molecule has 0 amide bonds. The smallest absolute Gasteiger partial charge is 0.0729 e. The average molecular weight is 230 g/mol. The van der Waals surface area contributed by atoms with Crippen LogP contribution in [0.4, 0.5) is 0 Å². The fraction of sp³-hybridized carbons (Fsp3) is 0.385. The molecule has 0 spiro atoms. The van der Waals surface area contributed by atoms with Gasteiger partial charge in [0.15, 0.2) is 0 Å². The van der Waals surface area contributed by atoms with E-state index in [0.717, 1.165) is 30.6 Å². The van der Waals surface area contributed by atoms with Crippen molar-refractivity contribution in [3.8, 4) is 5.69 Å². The van der Waals surface area contributed by atoms with E-state index < -0.39 is 0 Å². The first kappa shape index (κ1) is 11.8. The molecule has 90 valence electrons. The van der Waals surface area contributed by atoms with Crippen LogP contribution in [0.3, 0.4) is 0 Å². The molecular formula is C13H18N4. The average Bonchev–Trinajstić information content (AvgIpc) is 2.85. The van der Waals surface area contributed by atoms with Gasteiger partial charge in [0.1, 0.15) is 0 Å². The summed E-state index contributed by atoms with van der Waals surface area (Å²) in [5, 5.41) is 8.09. The Bertz CT molecular complexity index is 449. The second-order valence-corrected chi connectivity index (χ2v) is 4.18. The third-order valence-corrected chi connectivity index (χ3v) is 2.92. The van der Waals surface area contributed by atoms with Crippen molar-refractivity contribution >= 4 is 0 Å². The molecule has 1 unspecified atom stereocenters. The van der Waals surface area contributed by atoms with E-state index in [1.165, 1.54) is 0 Å². The summed E-state index contributed by atoms with van der Waals surface area (Å²) >= 11 is 0. The molecule has 1 aromatic heterocycles. The van der Waals surface area contributed by atoms with Crippen molar-refractivity contribution in [3.05, 3.63) is 42.2 Å². The van der Waals surface area contributed by atoms with Crippen molar-refractivity contribution < 1.29 is 0 Å². The van der Waals surface area contributed by atoms with Gasteiger partial charge in [0, 0.05) is 6.04 Å². The highest BCUT2D eigenvalue weighted by molar-refractivity contribution is 5.31. The minimum absolute atomic E-state index is 0.258. The third kappa shape index (κ3) is 2.91. The Morgan fingerprint density at radius 1 is 1.29 bits per heavy atom. The maximum absolute atomic E-state index is 5.93. The quantitative estimate of drug-likeness (QED) is 0.854. The van der Waals surface area contributed by atoms with E-state index in [4.69, 9.17) is 5.73 Å². The second-order valence-electron chi connectivity index (χ2n) is 4.18. The molecule has 0 bridgehead atoms. The van der Waals surface area contributed by atoms with Crippen LogP contribution in [0.2, 0.25) is 0 Å². The van der Waals surface area contributed by atoms with E-state index >= 15 is 0 Å². The number of hydrogen-bond acceptors (Lipinski definition) is 3. The van der Waals surface area contributed by atoms with Gasteiger partial charge in [0.25, 0.3) is 0 Å². The highest BCUT2D eigenvalue weighted by Gasteiger charge is 2.07. The van der Waals surface area contributed by atoms with Crippen LogP contribution in [-0.4, -0.2) is 21.0 Å². The molecule has 0 aliphatic heterocycles. The van der Waals surface area contributed by atoms with E-state index in [0.29, 0.717) is 0 Å². The van der Waals surface area contributed by atoms with Crippen LogP contribution in [0.5, 0.6) is 0 Å². The van der Waals surface area contributed by atoms with Crippen molar-refractivity contribution in [2.45, 2.75) is 32.2 Å². The van der Waals surface area contributed by atoms with Crippen LogP contribution >= 0.6 is 0 Å². The Morgan fingerprint density at radius 2 is 2.06 bits per heavy atom. The monoisotopic (exact) mass is 230 g/mol. The lowest BCUT2D eigenvalue weighted by atomic mass is 10.1. The van der Waals surface area contributed by atoms with Gasteiger partial charge in [0.05, 0.1) is 17.6 Å². The van der Waals surface area contributed by atoms with Crippen molar-refractivity contribution in [2.75, 3.05) is 0 Å². The molecule has 0 fully saturated rings. The lowest BCUT2D eigenvalue weighted by Crippen LogP contribution is -2.19. The summed E-state index contributed by atoms with van der Waals surface area (Å²) in [5.41, 5.74) is 8.09. The van der Waals surface area contributed by atoms with E-state index in [1.807, 2.05) is 41.2 Å². The lowest BCUT2D eigenvalue weighted by Gasteiger charge is -2.09. The highest BCUT2D eigenvalue weighted by atomic mass is 15.4. The van der Waals surface area contributed by atoms with Crippen LogP contribution in [0.1, 0.15) is 25.5 Å². The zero-order valence-electron chi connectivity index (χ0n) is 10.1. The van der Waals surface area contributed by atoms with E-state index in [9.17, 15) is 0 Å². The normalized spacial score (nSPS) is 12.6. The number of aryl methyl sites for hydroxylation is 1. The third-order valence-electron chi connectivity index (χ3n) is 2.92. The first-order chi connectivity index (χ1) is 8.31. The predicted octanol–water partition coefficient (Wildman–Crippen LogP) is 1.94. The summed E-state index contributed by atoms with van der Waals surface area (Å²) in [6, 6.07) is 10.3. The molecule has 1 heterocycles. The van der Waals surface area contributed by atoms with Gasteiger partial charge in [-0.3, -0.25) is 0 Å². The summed E-state index contributed by atoms with van der Waals surface area (Å²) in [7, 11) is 0. The van der Waals surface area contributed by atoms with Gasteiger partial charge in [-0.05, 0) is 31.4 Å². The molecule has 0 aliphatic rings. The number of nitrogens with two attached hydrogens (primary N) is 1. The number of rotatable bonds is 5. The number of para-hydroxylation sites is 1. The number of benzene rings is 1. The zero-order valence-corrected chi connectivity index (χ0v) is 10.1. The van der Waals surface area contributed by atoms with Crippen LogP contribution in [-0.2, 0) is 6.42 Å². The largest absolute Gasteiger partial charge is 0.328 e. The number of nitrogens with zero attached hydrogens (tertiary/aromatic N) is 3. The summed E-state index contributed by atoms with van der Waals surface area (Å²) in [4.78, 5) is 0. The molecule has 4 nitrogen and oxygen atoms in total. The topological polar surface area (TPSA) is 56.7 Å². The van der Waals surface area contributed by atoms with E-state index in [1.54, 1.807) is 0 Å². The van der Waals surface area contributed by atoms with Gasteiger partial charge in [-0.2, -0.15) is 0 Å². The first-order valence-corrected chi connectivity index (χ1v) is 6.02. The minimum Gasteiger partial charge on any atom is -0.328 e. The Kier molecular flexibility index (Phi) is 3.88. The van der Waals surface area contributed by atoms with Crippen LogP contribution < -0.4 is 5.73 Å². The summed E-state index contributed by atoms with van der Waals surface area (Å²) in [5.74, 6) is 0. The molecule has 2 rings (SSSR count). The molecule has 2 N–H and O–H groups in total. The van der Waals surface area contributed by atoms with E-state index in [2.05, 4.69) is 17.2 Å². The molecule has 2 aromatic rings. The second kappa shape index (κ2) is 5.59. The summed E-state index contributed by atoms with van der Waals surface area (Å²) < 4.78 is 1.88. The Hall–Kier alpha value is -1.68. The molecule has 0 saturated heterocycles. The van der Waals surface area contributed by atoms with Crippen molar-refractivity contribution in [2.24, 2.45) is 5.73 Å². The number of hydrogen-bond donors (Lipinski definition) is 1. The fourth-order valence-corrected chi connectivity index (χ4v) is 1.75. The maximum Gasteiger partial charge on any atom is 0.0729 e. The lowest BCUT2D eigenvalue weighted by molar-refractivity contribution is 0.583. The van der Waals surface area contributed by atoms with Gasteiger partial charge in [-0.1, -0.05) is 30.3 Å². The van der Waals surface area contributed by atoms with Gasteiger partial charge in [-0.25, -0.2) is 4.68 Å². The zero-order chi connectivity index (χ0) is 12.1. The molecule has 4 heteroatoms. The van der Waals surface area contributed by atoms with Crippen molar-refractivity contribution in [1.29, 1.82) is 0 Å². The van der Waals surface area contributed by atoms with E-state index in [-0.39, 0.29) is 6.04 Å². The molecule has 0 saturated carbocycles. The molecule has 1 atom stereocenters. The Morgan fingerprint density at radius 3 is 2.76 bits per heavy atom. The van der Waals surface area contributed by atoms with Crippen LogP contribution in [0.25, 0.3) is 5.69 Å². The van der Waals surface area contributed by atoms with Crippen molar-refractivity contribution in [3.63, 3.8) is 0 Å². The highest BCUT2D eigenvalue weighted by Crippen LogP contribution is 2.11. The molecule has 17 heavy (non-hydrogen) atoms. The van der Waals surface area contributed by atoms with Crippen molar-refractivity contribution in [1.82, 2.24) is 15.0 Å². The van der Waals surface area contributed by atoms with Gasteiger partial charge in [0.2, 0.25) is 0 Å². The SMILES string of the molecule is CCC(N)CCc1cnnn1-c1ccccc1. The molecule has 0 radical (unpaired) electrons. The van der Waals surface area contributed by atoms with Gasteiger partial charge in [-0.15, -0.1) is 5.10 Å². The minimum atomic E-state index is 0.258. The molecule has 0 aliphatic carbocycles. The standard InChI is InChI=1S/C13H18N4/c1-2-11(14)8-9-13-10-15-16-17(13)12-6-4-3-5-7-12/h3-7,10-11H,2,8-9,14H2,1H3. The van der Waals surface area contributed by atoms with Gasteiger partial charge >= 0.3 is 0 Å². The van der Waals surface area contributed by atoms with Crippen LogP contribution in [0.15, 0.2) is 36.5 Å². The summed E-state index contributed by atoms with van der Waals surface area (Å²) in [6.07, 6.45) is 4.70.